The first-order valence-electron chi connectivity index (χ1n) is 5.93. The Balaban J connectivity index is 2.02. The van der Waals surface area contributed by atoms with E-state index in [1.807, 2.05) is 24.3 Å². The Morgan fingerprint density at radius 1 is 1.37 bits per heavy atom. The van der Waals surface area contributed by atoms with E-state index >= 15 is 0 Å². The van der Waals surface area contributed by atoms with Gasteiger partial charge in [0.25, 0.3) is 0 Å². The molecule has 0 radical (unpaired) electrons. The molecule has 1 N–H and O–H groups in total. The maximum Gasteiger partial charge on any atom is 0.176 e. The first-order valence-corrected chi connectivity index (χ1v) is 7.99. The highest BCUT2D eigenvalue weighted by Gasteiger charge is 2.08. The Hall–Kier alpha value is -1.53. The average molecular weight is 283 g/mol. The molecule has 2 rings (SSSR count). The zero-order valence-corrected chi connectivity index (χ0v) is 11.8. The molecule has 0 aliphatic heterocycles. The Morgan fingerprint density at radius 3 is 2.84 bits per heavy atom. The lowest BCUT2D eigenvalue weighted by atomic mass is 10.2. The lowest BCUT2D eigenvalue weighted by Crippen LogP contribution is -2.21. The summed E-state index contributed by atoms with van der Waals surface area (Å²) in [7, 11) is -1.33. The molecular weight excluding hydrogens is 266 g/mol. The van der Waals surface area contributed by atoms with Crippen molar-refractivity contribution in [2.24, 2.45) is 0 Å². The van der Waals surface area contributed by atoms with Crippen LogP contribution in [-0.2, 0) is 16.4 Å². The maximum absolute atomic E-state index is 11.0. The molecule has 0 unspecified atom stereocenters. The standard InChI is InChI=1S/C13H17NO4S/c1-17-12-5-3-4-10-8-11(18-13(10)12)9-14-6-7-19(2,15)16/h3-5,8,14H,6-7,9H2,1-2H3. The molecule has 1 aromatic carbocycles. The molecular formula is C13H17NO4S. The highest BCUT2D eigenvalue weighted by Crippen LogP contribution is 2.28. The minimum absolute atomic E-state index is 0.122. The Labute approximate surface area is 112 Å². The second-order valence-corrected chi connectivity index (χ2v) is 6.66. The van der Waals surface area contributed by atoms with E-state index in [0.29, 0.717) is 24.4 Å². The summed E-state index contributed by atoms with van der Waals surface area (Å²) in [6, 6.07) is 7.61. The normalized spacial score (nSPS) is 11.9. The van der Waals surface area contributed by atoms with Crippen LogP contribution >= 0.6 is 0 Å². The molecule has 0 amide bonds. The van der Waals surface area contributed by atoms with Gasteiger partial charge in [-0.1, -0.05) is 12.1 Å². The maximum atomic E-state index is 11.0. The Morgan fingerprint density at radius 2 is 2.16 bits per heavy atom. The number of benzene rings is 1. The molecule has 6 heteroatoms. The Bertz CT molecular complexity index is 660. The molecule has 0 saturated heterocycles. The zero-order chi connectivity index (χ0) is 13.9. The van der Waals surface area contributed by atoms with E-state index in [9.17, 15) is 8.42 Å². The van der Waals surface area contributed by atoms with Crippen LogP contribution in [0.25, 0.3) is 11.0 Å². The number of fused-ring (bicyclic) bond motifs is 1. The summed E-state index contributed by atoms with van der Waals surface area (Å²) < 4.78 is 32.9. The minimum Gasteiger partial charge on any atom is -0.493 e. The molecule has 0 fully saturated rings. The number of furan rings is 1. The van der Waals surface area contributed by atoms with Gasteiger partial charge < -0.3 is 14.5 Å². The third-order valence-electron chi connectivity index (χ3n) is 2.73. The fourth-order valence-corrected chi connectivity index (χ4v) is 2.32. The molecule has 0 aliphatic rings. The van der Waals surface area contributed by atoms with Crippen LogP contribution < -0.4 is 10.1 Å². The van der Waals surface area contributed by atoms with Crippen molar-refractivity contribution in [1.82, 2.24) is 5.32 Å². The number of para-hydroxylation sites is 1. The van der Waals surface area contributed by atoms with Crippen LogP contribution in [0, 0.1) is 0 Å². The topological polar surface area (TPSA) is 68.5 Å². The summed E-state index contributed by atoms with van der Waals surface area (Å²) in [6.45, 7) is 0.903. The van der Waals surface area contributed by atoms with E-state index in [1.54, 1.807) is 7.11 Å². The van der Waals surface area contributed by atoms with Crippen molar-refractivity contribution in [3.63, 3.8) is 0 Å². The fourth-order valence-electron chi connectivity index (χ4n) is 1.81. The second kappa shape index (κ2) is 5.63. The third kappa shape index (κ3) is 3.71. The van der Waals surface area contributed by atoms with E-state index in [0.717, 1.165) is 11.1 Å². The molecule has 1 heterocycles. The fraction of sp³-hybridized carbons (Fsp3) is 0.385. The first kappa shape index (κ1) is 13.9. The van der Waals surface area contributed by atoms with Gasteiger partial charge in [0.05, 0.1) is 19.4 Å². The number of hydrogen-bond donors (Lipinski definition) is 1. The smallest absolute Gasteiger partial charge is 0.176 e. The predicted molar refractivity (Wildman–Crippen MR) is 74.2 cm³/mol. The van der Waals surface area contributed by atoms with E-state index < -0.39 is 9.84 Å². The molecule has 19 heavy (non-hydrogen) atoms. The van der Waals surface area contributed by atoms with Crippen molar-refractivity contribution in [2.75, 3.05) is 25.7 Å². The van der Waals surface area contributed by atoms with Gasteiger partial charge in [-0.05, 0) is 12.1 Å². The summed E-state index contributed by atoms with van der Waals surface area (Å²) in [5.74, 6) is 1.57. The van der Waals surface area contributed by atoms with Crippen LogP contribution in [0.15, 0.2) is 28.7 Å². The summed E-state index contributed by atoms with van der Waals surface area (Å²) in [4.78, 5) is 0. The quantitative estimate of drug-likeness (QED) is 0.815. The monoisotopic (exact) mass is 283 g/mol. The van der Waals surface area contributed by atoms with Gasteiger partial charge in [-0.3, -0.25) is 0 Å². The average Bonchev–Trinajstić information content (AvgIpc) is 2.76. The van der Waals surface area contributed by atoms with E-state index in [4.69, 9.17) is 9.15 Å². The minimum atomic E-state index is -2.93. The number of methoxy groups -OCH3 is 1. The summed E-state index contributed by atoms with van der Waals surface area (Å²) in [6.07, 6.45) is 1.22. The van der Waals surface area contributed by atoms with Gasteiger partial charge >= 0.3 is 0 Å². The van der Waals surface area contributed by atoms with Gasteiger partial charge in [0.15, 0.2) is 11.3 Å². The van der Waals surface area contributed by atoms with Crippen molar-refractivity contribution >= 4 is 20.8 Å². The van der Waals surface area contributed by atoms with Crippen LogP contribution in [0.2, 0.25) is 0 Å². The summed E-state index contributed by atoms with van der Waals surface area (Å²) in [5, 5.41) is 4.01. The van der Waals surface area contributed by atoms with Crippen molar-refractivity contribution in [3.05, 3.63) is 30.0 Å². The Kier molecular flexibility index (Phi) is 4.11. The van der Waals surface area contributed by atoms with Gasteiger partial charge in [0, 0.05) is 18.2 Å². The van der Waals surface area contributed by atoms with Crippen molar-refractivity contribution in [3.8, 4) is 5.75 Å². The van der Waals surface area contributed by atoms with Crippen molar-refractivity contribution < 1.29 is 17.6 Å². The van der Waals surface area contributed by atoms with E-state index in [1.165, 1.54) is 6.26 Å². The van der Waals surface area contributed by atoms with Crippen LogP contribution in [-0.4, -0.2) is 34.1 Å². The zero-order valence-electron chi connectivity index (χ0n) is 11.0. The van der Waals surface area contributed by atoms with Crippen LogP contribution in [0.4, 0.5) is 0 Å². The number of ether oxygens (including phenoxy) is 1. The highest BCUT2D eigenvalue weighted by atomic mass is 32.2. The molecule has 0 aliphatic carbocycles. The summed E-state index contributed by atoms with van der Waals surface area (Å²) >= 11 is 0. The van der Waals surface area contributed by atoms with E-state index in [2.05, 4.69) is 5.32 Å². The predicted octanol–water partition coefficient (Wildman–Crippen LogP) is 1.58. The highest BCUT2D eigenvalue weighted by molar-refractivity contribution is 7.90. The van der Waals surface area contributed by atoms with Crippen molar-refractivity contribution in [1.29, 1.82) is 0 Å². The number of hydrogen-bond acceptors (Lipinski definition) is 5. The first-order chi connectivity index (χ1) is 8.99. The van der Waals surface area contributed by atoms with E-state index in [-0.39, 0.29) is 5.75 Å². The van der Waals surface area contributed by atoms with Crippen LogP contribution in [0.5, 0.6) is 5.75 Å². The van der Waals surface area contributed by atoms with Gasteiger partial charge in [-0.25, -0.2) is 8.42 Å². The molecule has 5 nitrogen and oxygen atoms in total. The van der Waals surface area contributed by atoms with Gasteiger partial charge in [-0.2, -0.15) is 0 Å². The number of nitrogens with one attached hydrogen (secondary N) is 1. The molecule has 2 aromatic rings. The molecule has 1 aromatic heterocycles. The van der Waals surface area contributed by atoms with Gasteiger partial charge in [-0.15, -0.1) is 0 Å². The molecule has 0 atom stereocenters. The molecule has 0 saturated carbocycles. The number of sulfone groups is 1. The molecule has 0 bridgehead atoms. The third-order valence-corrected chi connectivity index (χ3v) is 3.67. The number of rotatable bonds is 6. The SMILES string of the molecule is COc1cccc2cc(CNCCS(C)(=O)=O)oc12. The second-order valence-electron chi connectivity index (χ2n) is 4.40. The van der Waals surface area contributed by atoms with Crippen molar-refractivity contribution in [2.45, 2.75) is 6.54 Å². The molecule has 0 spiro atoms. The van der Waals surface area contributed by atoms with Gasteiger partial charge in [0.2, 0.25) is 0 Å². The summed E-state index contributed by atoms with van der Waals surface area (Å²) in [5.41, 5.74) is 0.713. The van der Waals surface area contributed by atoms with Crippen LogP contribution in [0.3, 0.4) is 0 Å². The lowest BCUT2D eigenvalue weighted by Gasteiger charge is -2.01. The van der Waals surface area contributed by atoms with Gasteiger partial charge in [0.1, 0.15) is 15.6 Å². The molecule has 104 valence electrons. The largest absolute Gasteiger partial charge is 0.493 e. The lowest BCUT2D eigenvalue weighted by molar-refractivity contribution is 0.406. The van der Waals surface area contributed by atoms with Crippen LogP contribution in [0.1, 0.15) is 5.76 Å².